The van der Waals surface area contributed by atoms with Crippen LogP contribution in [-0.4, -0.2) is 31.5 Å². The zero-order valence-electron chi connectivity index (χ0n) is 13.9. The molecule has 2 amide bonds. The molecule has 0 saturated heterocycles. The lowest BCUT2D eigenvalue weighted by Crippen LogP contribution is -2.32. The van der Waals surface area contributed by atoms with Gasteiger partial charge >= 0.3 is 6.03 Å². The third-order valence-corrected chi connectivity index (χ3v) is 3.63. The van der Waals surface area contributed by atoms with Gasteiger partial charge in [-0.25, -0.2) is 4.79 Å². The Kier molecular flexibility index (Phi) is 6.66. The van der Waals surface area contributed by atoms with Crippen molar-refractivity contribution in [1.29, 1.82) is 0 Å². The van der Waals surface area contributed by atoms with E-state index in [0.717, 1.165) is 43.0 Å². The van der Waals surface area contributed by atoms with Crippen molar-refractivity contribution in [3.05, 3.63) is 42.0 Å². The van der Waals surface area contributed by atoms with Crippen molar-refractivity contribution in [2.45, 2.75) is 32.6 Å². The second kappa shape index (κ2) is 8.98. The first-order valence-corrected chi connectivity index (χ1v) is 8.25. The van der Waals surface area contributed by atoms with E-state index >= 15 is 0 Å². The lowest BCUT2D eigenvalue weighted by molar-refractivity contribution is 0.252. The summed E-state index contributed by atoms with van der Waals surface area (Å²) in [5.74, 6) is 1.31. The molecular weight excluding hydrogens is 288 g/mol. The third-order valence-electron chi connectivity index (χ3n) is 3.63. The number of carbonyl (C=O) groups is 1. The highest BCUT2D eigenvalue weighted by Crippen LogP contribution is 2.23. The van der Waals surface area contributed by atoms with E-state index in [-0.39, 0.29) is 6.03 Å². The number of hydrogen-bond acceptors (Lipinski definition) is 3. The van der Waals surface area contributed by atoms with Gasteiger partial charge in [0.25, 0.3) is 0 Å². The monoisotopic (exact) mass is 314 g/mol. The molecule has 23 heavy (non-hydrogen) atoms. The fourth-order valence-electron chi connectivity index (χ4n) is 2.41. The molecule has 1 heterocycles. The van der Waals surface area contributed by atoms with Crippen LogP contribution in [0.15, 0.2) is 41.4 Å². The average Bonchev–Trinajstić information content (AvgIpc) is 2.56. The highest BCUT2D eigenvalue weighted by atomic mass is 16.2. The summed E-state index contributed by atoms with van der Waals surface area (Å²) in [4.78, 5) is 16.3. The molecule has 0 spiro atoms. The summed E-state index contributed by atoms with van der Waals surface area (Å²) < 4.78 is 0. The summed E-state index contributed by atoms with van der Waals surface area (Å²) in [6.45, 7) is 6.51. The summed E-state index contributed by atoms with van der Waals surface area (Å²) in [6.07, 6.45) is 6.00. The molecule has 1 aliphatic rings. The van der Waals surface area contributed by atoms with E-state index in [0.29, 0.717) is 12.5 Å². The number of benzene rings is 1. The molecule has 1 aromatic rings. The molecule has 1 aliphatic heterocycles. The van der Waals surface area contributed by atoms with Crippen LogP contribution in [0.3, 0.4) is 0 Å². The smallest absolute Gasteiger partial charge is 0.319 e. The number of aliphatic imine (C=N–C) groups is 1. The summed E-state index contributed by atoms with van der Waals surface area (Å²) in [7, 11) is 0. The number of amides is 2. The van der Waals surface area contributed by atoms with Crippen LogP contribution in [0.5, 0.6) is 0 Å². The molecule has 0 fully saturated rings. The Labute approximate surface area is 138 Å². The number of amidine groups is 1. The Morgan fingerprint density at radius 1 is 1.26 bits per heavy atom. The van der Waals surface area contributed by atoms with E-state index in [1.807, 2.05) is 30.3 Å². The van der Waals surface area contributed by atoms with Gasteiger partial charge in [-0.2, -0.15) is 0 Å². The maximum Gasteiger partial charge on any atom is 0.319 e. The Morgan fingerprint density at radius 3 is 2.83 bits per heavy atom. The fraction of sp³-hybridized carbons (Fsp3) is 0.444. The van der Waals surface area contributed by atoms with Gasteiger partial charge in [0, 0.05) is 25.3 Å². The van der Waals surface area contributed by atoms with E-state index in [2.05, 4.69) is 40.9 Å². The van der Waals surface area contributed by atoms with Gasteiger partial charge < -0.3 is 16.0 Å². The second-order valence-electron chi connectivity index (χ2n) is 5.86. The minimum absolute atomic E-state index is 0.159. The van der Waals surface area contributed by atoms with Crippen LogP contribution in [-0.2, 0) is 0 Å². The summed E-state index contributed by atoms with van der Waals surface area (Å²) in [6, 6.07) is 7.75. The summed E-state index contributed by atoms with van der Waals surface area (Å²) in [5, 5.41) is 9.07. The van der Waals surface area contributed by atoms with Crippen LogP contribution in [0.2, 0.25) is 0 Å². The van der Waals surface area contributed by atoms with Gasteiger partial charge in [0.05, 0.1) is 0 Å². The normalized spacial score (nSPS) is 13.6. The average molecular weight is 314 g/mol. The number of dihydropyridines is 1. The minimum Gasteiger partial charge on any atom is -0.370 e. The molecule has 0 saturated carbocycles. The summed E-state index contributed by atoms with van der Waals surface area (Å²) >= 11 is 0. The molecule has 1 aromatic carbocycles. The zero-order valence-corrected chi connectivity index (χ0v) is 13.9. The van der Waals surface area contributed by atoms with E-state index in [9.17, 15) is 4.79 Å². The Morgan fingerprint density at radius 2 is 2.09 bits per heavy atom. The molecule has 5 heteroatoms. The summed E-state index contributed by atoms with van der Waals surface area (Å²) in [5.41, 5.74) is 2.02. The molecular formula is C18H26N4O. The van der Waals surface area contributed by atoms with E-state index in [4.69, 9.17) is 0 Å². The molecule has 2 rings (SSSR count). The number of anilines is 1. The van der Waals surface area contributed by atoms with Gasteiger partial charge in [-0.1, -0.05) is 38.1 Å². The maximum absolute atomic E-state index is 12.0. The van der Waals surface area contributed by atoms with Crippen molar-refractivity contribution in [3.8, 4) is 0 Å². The van der Waals surface area contributed by atoms with Gasteiger partial charge in [0.2, 0.25) is 0 Å². The van der Waals surface area contributed by atoms with Crippen molar-refractivity contribution >= 4 is 17.6 Å². The largest absolute Gasteiger partial charge is 0.370 e. The molecule has 124 valence electrons. The van der Waals surface area contributed by atoms with Gasteiger partial charge in [0.15, 0.2) is 0 Å². The third kappa shape index (κ3) is 5.77. The molecule has 0 unspecified atom stereocenters. The highest BCUT2D eigenvalue weighted by molar-refractivity contribution is 5.93. The van der Waals surface area contributed by atoms with Crippen LogP contribution < -0.4 is 16.0 Å². The van der Waals surface area contributed by atoms with Gasteiger partial charge in [-0.3, -0.25) is 4.99 Å². The van der Waals surface area contributed by atoms with E-state index < -0.39 is 0 Å². The van der Waals surface area contributed by atoms with Crippen LogP contribution in [0.1, 0.15) is 38.2 Å². The number of carbonyl (C=O) groups excluding carboxylic acids is 1. The maximum atomic E-state index is 12.0. The quantitative estimate of drug-likeness (QED) is 0.706. The van der Waals surface area contributed by atoms with Crippen LogP contribution in [0, 0.1) is 0 Å². The number of rotatable bonds is 6. The van der Waals surface area contributed by atoms with Gasteiger partial charge in [-0.05, 0) is 36.5 Å². The van der Waals surface area contributed by atoms with Crippen molar-refractivity contribution < 1.29 is 4.79 Å². The van der Waals surface area contributed by atoms with E-state index in [1.54, 1.807) is 0 Å². The molecule has 0 radical (unpaired) electrons. The van der Waals surface area contributed by atoms with Crippen molar-refractivity contribution in [2.24, 2.45) is 4.99 Å². The van der Waals surface area contributed by atoms with Crippen LogP contribution >= 0.6 is 0 Å². The van der Waals surface area contributed by atoms with Crippen molar-refractivity contribution in [1.82, 2.24) is 10.6 Å². The Bertz CT molecular complexity index is 578. The van der Waals surface area contributed by atoms with Gasteiger partial charge in [-0.15, -0.1) is 0 Å². The molecule has 5 nitrogen and oxygen atoms in total. The number of hydrogen-bond donors (Lipinski definition) is 3. The zero-order chi connectivity index (χ0) is 16.5. The lowest BCUT2D eigenvalue weighted by Gasteiger charge is -2.14. The molecule has 0 aromatic heterocycles. The molecule has 0 bridgehead atoms. The predicted molar refractivity (Wildman–Crippen MR) is 96.2 cm³/mol. The van der Waals surface area contributed by atoms with Crippen LogP contribution in [0.25, 0.3) is 0 Å². The molecule has 0 aliphatic carbocycles. The Balaban J connectivity index is 1.67. The van der Waals surface area contributed by atoms with Crippen LogP contribution in [0.4, 0.5) is 10.5 Å². The molecule has 0 atom stereocenters. The number of nitrogens with one attached hydrogen (secondary N) is 3. The number of nitrogens with zero attached hydrogens (tertiary/aromatic N) is 1. The highest BCUT2D eigenvalue weighted by Gasteiger charge is 2.08. The second-order valence-corrected chi connectivity index (χ2v) is 5.86. The SMILES string of the molecule is CC(C)c1ccccc1NC(=O)NCCCNC1=NCCC=C1. The lowest BCUT2D eigenvalue weighted by atomic mass is 10.0. The van der Waals surface area contributed by atoms with Crippen molar-refractivity contribution in [3.63, 3.8) is 0 Å². The first kappa shape index (κ1) is 17.1. The fourth-order valence-corrected chi connectivity index (χ4v) is 2.41. The first-order valence-electron chi connectivity index (χ1n) is 8.25. The number of para-hydroxylation sites is 1. The molecule has 3 N–H and O–H groups in total. The van der Waals surface area contributed by atoms with Gasteiger partial charge in [0.1, 0.15) is 5.84 Å². The number of urea groups is 1. The first-order chi connectivity index (χ1) is 11.2. The van der Waals surface area contributed by atoms with E-state index in [1.165, 1.54) is 0 Å². The minimum atomic E-state index is -0.159. The topological polar surface area (TPSA) is 65.5 Å². The standard InChI is InChI=1S/C18H26N4O/c1-14(2)15-8-3-4-9-16(15)22-18(23)21-13-7-12-20-17-10-5-6-11-19-17/h3-5,8-10,14H,6-7,11-13H2,1-2H3,(H,19,20)(H2,21,22,23). The van der Waals surface area contributed by atoms with Crippen molar-refractivity contribution in [2.75, 3.05) is 25.0 Å². The predicted octanol–water partition coefficient (Wildman–Crippen LogP) is 3.27. The Hall–Kier alpha value is -2.30.